The fourth-order valence-electron chi connectivity index (χ4n) is 2.62. The second kappa shape index (κ2) is 13.2. The zero-order valence-electron chi connectivity index (χ0n) is 17.6. The Hall–Kier alpha value is -2.10. The molecule has 1 heterocycles. The molecule has 0 aliphatic rings. The van der Waals surface area contributed by atoms with Crippen LogP contribution in [0.15, 0.2) is 45.9 Å². The molecule has 0 saturated heterocycles. The molecule has 1 aromatic heterocycles. The van der Waals surface area contributed by atoms with Crippen LogP contribution >= 0.6 is 24.0 Å². The van der Waals surface area contributed by atoms with Gasteiger partial charge in [-0.1, -0.05) is 49.3 Å². The number of halogens is 1. The molecule has 1 amide bonds. The van der Waals surface area contributed by atoms with Gasteiger partial charge in [0, 0.05) is 25.7 Å². The molecule has 1 aromatic carbocycles. The van der Waals surface area contributed by atoms with Crippen molar-refractivity contribution < 1.29 is 9.32 Å². The summed E-state index contributed by atoms with van der Waals surface area (Å²) in [6.07, 6.45) is 0. The summed E-state index contributed by atoms with van der Waals surface area (Å²) in [5, 5.41) is 10.4. The highest BCUT2D eigenvalue weighted by Gasteiger charge is 2.12. The lowest BCUT2D eigenvalue weighted by molar-refractivity contribution is -0.130. The van der Waals surface area contributed by atoms with Gasteiger partial charge in [0.15, 0.2) is 11.7 Å². The smallest absolute Gasteiger partial charge is 0.244 e. The van der Waals surface area contributed by atoms with Crippen molar-refractivity contribution in [3.05, 3.63) is 53.4 Å². The highest BCUT2D eigenvalue weighted by Crippen LogP contribution is 2.13. The van der Waals surface area contributed by atoms with Crippen molar-refractivity contribution in [3.63, 3.8) is 0 Å². The lowest BCUT2D eigenvalue weighted by Crippen LogP contribution is -2.38. The molecule has 0 spiro atoms. The average Bonchev–Trinajstić information content (AvgIpc) is 3.18. The fourth-order valence-corrected chi connectivity index (χ4v) is 2.62. The molecule has 29 heavy (non-hydrogen) atoms. The fraction of sp³-hybridized carbons (Fsp3) is 0.476. The third-order valence-corrected chi connectivity index (χ3v) is 4.27. The summed E-state index contributed by atoms with van der Waals surface area (Å²) in [5.41, 5.74) is 2.03. The molecule has 2 rings (SSSR count). The minimum absolute atomic E-state index is 0. The first-order chi connectivity index (χ1) is 13.5. The number of nitrogens with one attached hydrogen (secondary N) is 2. The van der Waals surface area contributed by atoms with Crippen molar-refractivity contribution in [1.29, 1.82) is 0 Å². The Labute approximate surface area is 190 Å². The molecule has 8 heteroatoms. The molecule has 160 valence electrons. The van der Waals surface area contributed by atoms with Gasteiger partial charge in [0.1, 0.15) is 6.54 Å². The zero-order chi connectivity index (χ0) is 20.4. The van der Waals surface area contributed by atoms with Gasteiger partial charge < -0.3 is 20.1 Å². The molecule has 0 aliphatic heterocycles. The van der Waals surface area contributed by atoms with Gasteiger partial charge in [0.25, 0.3) is 0 Å². The molecule has 0 radical (unpaired) electrons. The van der Waals surface area contributed by atoms with Crippen LogP contribution in [0.4, 0.5) is 0 Å². The summed E-state index contributed by atoms with van der Waals surface area (Å²) in [7, 11) is 0. The maximum absolute atomic E-state index is 12.6. The van der Waals surface area contributed by atoms with Gasteiger partial charge in [-0.15, -0.1) is 24.0 Å². The number of carbonyl (C=O) groups is 1. The first kappa shape index (κ1) is 24.9. The number of likely N-dealkylation sites (N-methyl/N-ethyl adjacent to an activating group) is 1. The summed E-state index contributed by atoms with van der Waals surface area (Å²) in [5.74, 6) is 1.63. The largest absolute Gasteiger partial charge is 0.359 e. The minimum atomic E-state index is -0.00897. The molecule has 7 nitrogen and oxygen atoms in total. The Morgan fingerprint density at radius 3 is 2.52 bits per heavy atom. The number of amides is 1. The van der Waals surface area contributed by atoms with Gasteiger partial charge >= 0.3 is 0 Å². The van der Waals surface area contributed by atoms with Crippen molar-refractivity contribution in [2.75, 3.05) is 19.6 Å². The van der Waals surface area contributed by atoms with Crippen LogP contribution in [-0.2, 0) is 17.9 Å². The van der Waals surface area contributed by atoms with Gasteiger partial charge in [-0.05, 0) is 25.3 Å². The average molecular weight is 513 g/mol. The van der Waals surface area contributed by atoms with Crippen LogP contribution in [0.3, 0.4) is 0 Å². The number of hydrogen-bond donors (Lipinski definition) is 2. The normalized spacial score (nSPS) is 11.1. The molecule has 2 aromatic rings. The zero-order valence-corrected chi connectivity index (χ0v) is 20.0. The van der Waals surface area contributed by atoms with Crippen molar-refractivity contribution in [3.8, 4) is 0 Å². The van der Waals surface area contributed by atoms with E-state index in [-0.39, 0.29) is 36.4 Å². The Bertz CT molecular complexity index is 761. The summed E-state index contributed by atoms with van der Waals surface area (Å²) < 4.78 is 5.33. The third-order valence-electron chi connectivity index (χ3n) is 4.27. The highest BCUT2D eigenvalue weighted by molar-refractivity contribution is 14.0. The Balaban J connectivity index is 0.00000420. The third kappa shape index (κ3) is 8.43. The Morgan fingerprint density at radius 2 is 1.93 bits per heavy atom. The maximum Gasteiger partial charge on any atom is 0.244 e. The molecule has 0 aliphatic carbocycles. The van der Waals surface area contributed by atoms with E-state index in [9.17, 15) is 4.79 Å². The summed E-state index contributed by atoms with van der Waals surface area (Å²) in [6, 6.07) is 11.9. The van der Waals surface area contributed by atoms with E-state index in [4.69, 9.17) is 4.52 Å². The SMILES string of the molecule is CCNC(=NCC(=O)N(CC)Cc1ccccc1)NCc1cc(C(C)C)no1.I. The van der Waals surface area contributed by atoms with Crippen molar-refractivity contribution in [1.82, 2.24) is 20.7 Å². The van der Waals surface area contributed by atoms with Crippen LogP contribution in [0.25, 0.3) is 0 Å². The first-order valence-corrected chi connectivity index (χ1v) is 9.82. The highest BCUT2D eigenvalue weighted by atomic mass is 127. The molecule has 2 N–H and O–H groups in total. The van der Waals surface area contributed by atoms with E-state index in [2.05, 4.69) is 34.6 Å². The molecule has 0 bridgehead atoms. The predicted octanol–water partition coefficient (Wildman–Crippen LogP) is 3.52. The van der Waals surface area contributed by atoms with Crippen LogP contribution < -0.4 is 10.6 Å². The molecule has 0 fully saturated rings. The van der Waals surface area contributed by atoms with Crippen molar-refractivity contribution >= 4 is 35.8 Å². The molecule has 0 saturated carbocycles. The van der Waals surface area contributed by atoms with Crippen LogP contribution in [0.2, 0.25) is 0 Å². The maximum atomic E-state index is 12.6. The van der Waals surface area contributed by atoms with E-state index in [1.54, 1.807) is 4.90 Å². The molecule has 0 atom stereocenters. The second-order valence-electron chi connectivity index (χ2n) is 6.82. The molecule has 0 unspecified atom stereocenters. The minimum Gasteiger partial charge on any atom is -0.359 e. The van der Waals surface area contributed by atoms with E-state index in [1.165, 1.54) is 0 Å². The summed E-state index contributed by atoms with van der Waals surface area (Å²) in [4.78, 5) is 18.8. The topological polar surface area (TPSA) is 82.8 Å². The van der Waals surface area contributed by atoms with Gasteiger partial charge in [0.05, 0.1) is 12.2 Å². The monoisotopic (exact) mass is 513 g/mol. The van der Waals surface area contributed by atoms with E-state index in [0.717, 1.165) is 17.0 Å². The number of nitrogens with zero attached hydrogens (tertiary/aromatic N) is 3. The second-order valence-corrected chi connectivity index (χ2v) is 6.82. The van der Waals surface area contributed by atoms with Crippen LogP contribution in [0, 0.1) is 0 Å². The number of carbonyl (C=O) groups excluding carboxylic acids is 1. The van der Waals surface area contributed by atoms with Gasteiger partial charge in [0.2, 0.25) is 5.91 Å². The van der Waals surface area contributed by atoms with Crippen LogP contribution in [0.5, 0.6) is 0 Å². The van der Waals surface area contributed by atoms with E-state index in [1.807, 2.05) is 50.2 Å². The predicted molar refractivity (Wildman–Crippen MR) is 126 cm³/mol. The number of guanidine groups is 1. The number of aliphatic imine (C=N–C) groups is 1. The lowest BCUT2D eigenvalue weighted by Gasteiger charge is -2.20. The summed E-state index contributed by atoms with van der Waals surface area (Å²) in [6.45, 7) is 10.6. The van der Waals surface area contributed by atoms with E-state index >= 15 is 0 Å². The quantitative estimate of drug-likeness (QED) is 0.305. The Kier molecular flexibility index (Phi) is 11.3. The Morgan fingerprint density at radius 1 is 1.21 bits per heavy atom. The van der Waals surface area contributed by atoms with Crippen molar-refractivity contribution in [2.45, 2.75) is 46.7 Å². The molecular weight excluding hydrogens is 481 g/mol. The van der Waals surface area contributed by atoms with E-state index < -0.39 is 0 Å². The van der Waals surface area contributed by atoms with Crippen LogP contribution in [0.1, 0.15) is 50.6 Å². The standard InChI is InChI=1S/C21H31N5O2.HI/c1-5-22-21(23-13-18-12-19(16(3)4)25-28-18)24-14-20(27)26(6-2)15-17-10-8-7-9-11-17;/h7-12,16H,5-6,13-15H2,1-4H3,(H2,22,23,24);1H. The van der Waals surface area contributed by atoms with E-state index in [0.29, 0.717) is 38.1 Å². The van der Waals surface area contributed by atoms with Gasteiger partial charge in [-0.2, -0.15) is 0 Å². The number of hydrogen-bond acceptors (Lipinski definition) is 4. The first-order valence-electron chi connectivity index (χ1n) is 9.82. The number of rotatable bonds is 9. The lowest BCUT2D eigenvalue weighted by atomic mass is 10.1. The summed E-state index contributed by atoms with van der Waals surface area (Å²) >= 11 is 0. The number of aromatic nitrogens is 1. The van der Waals surface area contributed by atoms with Gasteiger partial charge in [-0.25, -0.2) is 4.99 Å². The number of benzene rings is 1. The van der Waals surface area contributed by atoms with Crippen LogP contribution in [-0.4, -0.2) is 41.6 Å². The van der Waals surface area contributed by atoms with Gasteiger partial charge in [-0.3, -0.25) is 4.79 Å². The van der Waals surface area contributed by atoms with Crippen molar-refractivity contribution in [2.24, 2.45) is 4.99 Å². The molecular formula is C21H32IN5O2.